The Labute approximate surface area is 173 Å². The maximum Gasteiger partial charge on any atom is 0.310 e. The lowest BCUT2D eigenvalue weighted by atomic mass is 9.93. The van der Waals surface area contributed by atoms with E-state index in [2.05, 4.69) is 9.97 Å². The maximum absolute atomic E-state index is 15.0. The van der Waals surface area contributed by atoms with Crippen LogP contribution in [0.2, 0.25) is 0 Å². The van der Waals surface area contributed by atoms with Crippen LogP contribution in [0.3, 0.4) is 0 Å². The number of halogens is 1. The SMILES string of the molecule is Cc1cc([C@H](C)C(=O)O)ccc1-c1ccc(-c2nc(C(N)=O)c(C)nc2C)cc1F. The summed E-state index contributed by atoms with van der Waals surface area (Å²) in [5.74, 6) is -2.71. The topological polar surface area (TPSA) is 106 Å². The van der Waals surface area contributed by atoms with Gasteiger partial charge in [0.15, 0.2) is 0 Å². The Morgan fingerprint density at radius 2 is 1.67 bits per heavy atom. The third-order valence-electron chi connectivity index (χ3n) is 5.13. The van der Waals surface area contributed by atoms with Crippen molar-refractivity contribution in [2.45, 2.75) is 33.6 Å². The van der Waals surface area contributed by atoms with Crippen molar-refractivity contribution >= 4 is 11.9 Å². The summed E-state index contributed by atoms with van der Waals surface area (Å²) < 4.78 is 15.0. The Bertz CT molecular complexity index is 1170. The minimum Gasteiger partial charge on any atom is -0.481 e. The fraction of sp³-hybridized carbons (Fsp3) is 0.217. The molecule has 3 N–H and O–H groups in total. The highest BCUT2D eigenvalue weighted by atomic mass is 19.1. The van der Waals surface area contributed by atoms with E-state index in [0.717, 1.165) is 5.56 Å². The summed E-state index contributed by atoms with van der Waals surface area (Å²) in [4.78, 5) is 31.4. The summed E-state index contributed by atoms with van der Waals surface area (Å²) in [6, 6.07) is 9.88. The number of carboxylic acid groups (broad SMARTS) is 1. The van der Waals surface area contributed by atoms with Gasteiger partial charge in [-0.25, -0.2) is 9.37 Å². The van der Waals surface area contributed by atoms with E-state index in [-0.39, 0.29) is 5.69 Å². The summed E-state index contributed by atoms with van der Waals surface area (Å²) in [6.07, 6.45) is 0. The van der Waals surface area contributed by atoms with Crippen LogP contribution in [0.1, 0.15) is 45.8 Å². The lowest BCUT2D eigenvalue weighted by molar-refractivity contribution is -0.138. The van der Waals surface area contributed by atoms with E-state index in [4.69, 9.17) is 5.73 Å². The van der Waals surface area contributed by atoms with Gasteiger partial charge >= 0.3 is 5.97 Å². The molecular formula is C23H22FN3O3. The number of aliphatic carboxylic acids is 1. The Kier molecular flexibility index (Phi) is 5.64. The normalized spacial score (nSPS) is 11.9. The molecule has 0 radical (unpaired) electrons. The van der Waals surface area contributed by atoms with Gasteiger partial charge in [-0.3, -0.25) is 14.6 Å². The molecule has 0 bridgehead atoms. The first kappa shape index (κ1) is 21.1. The molecule has 0 aliphatic rings. The van der Waals surface area contributed by atoms with Crippen LogP contribution in [0, 0.1) is 26.6 Å². The molecule has 1 heterocycles. The molecule has 1 aromatic heterocycles. The second-order valence-electron chi connectivity index (χ2n) is 7.28. The van der Waals surface area contributed by atoms with Gasteiger partial charge in [0.2, 0.25) is 0 Å². The number of carbonyl (C=O) groups excluding carboxylic acids is 1. The van der Waals surface area contributed by atoms with Gasteiger partial charge in [-0.05, 0) is 50.5 Å². The lowest BCUT2D eigenvalue weighted by Gasteiger charge is -2.14. The van der Waals surface area contributed by atoms with Crippen LogP contribution in [0.5, 0.6) is 0 Å². The van der Waals surface area contributed by atoms with Gasteiger partial charge in [0.25, 0.3) is 5.91 Å². The molecule has 1 atom stereocenters. The van der Waals surface area contributed by atoms with Gasteiger partial charge in [-0.1, -0.05) is 30.3 Å². The molecule has 3 aromatic rings. The third-order valence-corrected chi connectivity index (χ3v) is 5.13. The maximum atomic E-state index is 15.0. The minimum atomic E-state index is -0.914. The number of hydrogen-bond donors (Lipinski definition) is 2. The third kappa shape index (κ3) is 3.91. The number of nitrogens with zero attached hydrogens (tertiary/aromatic N) is 2. The molecule has 1 amide bonds. The number of carbonyl (C=O) groups is 2. The number of aromatic nitrogens is 2. The lowest BCUT2D eigenvalue weighted by Crippen LogP contribution is -2.17. The molecule has 2 aromatic carbocycles. The largest absolute Gasteiger partial charge is 0.481 e. The highest BCUT2D eigenvalue weighted by Crippen LogP contribution is 2.32. The van der Waals surface area contributed by atoms with E-state index >= 15 is 4.39 Å². The first-order chi connectivity index (χ1) is 14.1. The van der Waals surface area contributed by atoms with Crippen molar-refractivity contribution in [2.24, 2.45) is 5.73 Å². The van der Waals surface area contributed by atoms with Crippen molar-refractivity contribution in [3.05, 3.63) is 70.4 Å². The first-order valence-electron chi connectivity index (χ1n) is 9.38. The van der Waals surface area contributed by atoms with Crippen LogP contribution in [0.4, 0.5) is 4.39 Å². The van der Waals surface area contributed by atoms with Crippen LogP contribution in [-0.4, -0.2) is 27.0 Å². The fourth-order valence-corrected chi connectivity index (χ4v) is 3.42. The minimum absolute atomic E-state index is 0.0547. The average molecular weight is 407 g/mol. The number of primary amides is 1. The first-order valence-corrected chi connectivity index (χ1v) is 9.38. The van der Waals surface area contributed by atoms with Gasteiger partial charge in [-0.2, -0.15) is 0 Å². The van der Waals surface area contributed by atoms with Crippen LogP contribution >= 0.6 is 0 Å². The number of nitrogens with two attached hydrogens (primary N) is 1. The van der Waals surface area contributed by atoms with E-state index in [9.17, 15) is 14.7 Å². The molecule has 0 unspecified atom stereocenters. The number of carboxylic acids is 1. The molecule has 0 aliphatic carbocycles. The number of amides is 1. The summed E-state index contributed by atoms with van der Waals surface area (Å²) in [7, 11) is 0. The quantitative estimate of drug-likeness (QED) is 0.660. The molecule has 0 saturated heterocycles. The highest BCUT2D eigenvalue weighted by molar-refractivity contribution is 5.92. The standard InChI is InChI=1S/C23H22FN3O3/c1-11-9-15(12(2)23(29)30)5-7-17(11)18-8-6-16(10-19(18)24)20-13(3)26-14(4)21(27-20)22(25)28/h5-10,12H,1-4H3,(H2,25,28)(H,29,30)/t12-/m0/s1. The predicted octanol–water partition coefficient (Wildman–Crippen LogP) is 4.16. The molecule has 0 aliphatic heterocycles. The van der Waals surface area contributed by atoms with E-state index < -0.39 is 23.6 Å². The van der Waals surface area contributed by atoms with Crippen molar-refractivity contribution in [3.8, 4) is 22.4 Å². The second kappa shape index (κ2) is 8.02. The average Bonchev–Trinajstić information content (AvgIpc) is 2.67. The van der Waals surface area contributed by atoms with Gasteiger partial charge in [0.05, 0.1) is 23.0 Å². The Morgan fingerprint density at radius 1 is 1.00 bits per heavy atom. The van der Waals surface area contributed by atoms with E-state index in [0.29, 0.717) is 39.3 Å². The molecule has 154 valence electrons. The van der Waals surface area contributed by atoms with Gasteiger partial charge in [0, 0.05) is 11.1 Å². The Balaban J connectivity index is 2.04. The zero-order chi connectivity index (χ0) is 22.2. The van der Waals surface area contributed by atoms with Crippen molar-refractivity contribution in [3.63, 3.8) is 0 Å². The Hall–Kier alpha value is -3.61. The summed E-state index contributed by atoms with van der Waals surface area (Å²) in [6.45, 7) is 6.80. The van der Waals surface area contributed by atoms with E-state index in [1.165, 1.54) is 6.07 Å². The van der Waals surface area contributed by atoms with Crippen LogP contribution < -0.4 is 5.73 Å². The van der Waals surface area contributed by atoms with Crippen molar-refractivity contribution in [1.29, 1.82) is 0 Å². The fourth-order valence-electron chi connectivity index (χ4n) is 3.42. The number of hydrogen-bond acceptors (Lipinski definition) is 4. The Morgan fingerprint density at radius 3 is 2.23 bits per heavy atom. The molecule has 7 heteroatoms. The zero-order valence-electron chi connectivity index (χ0n) is 17.2. The molecule has 0 fully saturated rings. The molecule has 0 saturated carbocycles. The summed E-state index contributed by atoms with van der Waals surface area (Å²) in [5.41, 5.74) is 9.76. The summed E-state index contributed by atoms with van der Waals surface area (Å²) in [5, 5.41) is 9.19. The molecule has 30 heavy (non-hydrogen) atoms. The van der Waals surface area contributed by atoms with Crippen LogP contribution in [-0.2, 0) is 4.79 Å². The zero-order valence-corrected chi connectivity index (χ0v) is 17.2. The van der Waals surface area contributed by atoms with Gasteiger partial charge < -0.3 is 10.8 Å². The monoisotopic (exact) mass is 407 g/mol. The molecular weight excluding hydrogens is 385 g/mol. The number of benzene rings is 2. The second-order valence-corrected chi connectivity index (χ2v) is 7.28. The summed E-state index contributed by atoms with van der Waals surface area (Å²) >= 11 is 0. The van der Waals surface area contributed by atoms with E-state index in [1.54, 1.807) is 51.1 Å². The van der Waals surface area contributed by atoms with Crippen LogP contribution in [0.25, 0.3) is 22.4 Å². The number of rotatable bonds is 5. The highest BCUT2D eigenvalue weighted by Gasteiger charge is 2.18. The van der Waals surface area contributed by atoms with Crippen molar-refractivity contribution in [2.75, 3.05) is 0 Å². The van der Waals surface area contributed by atoms with Gasteiger partial charge in [-0.15, -0.1) is 0 Å². The molecule has 6 nitrogen and oxygen atoms in total. The molecule has 0 spiro atoms. The predicted molar refractivity (Wildman–Crippen MR) is 112 cm³/mol. The van der Waals surface area contributed by atoms with Gasteiger partial charge in [0.1, 0.15) is 11.5 Å². The number of aryl methyl sites for hydroxylation is 3. The molecule has 3 rings (SSSR count). The smallest absolute Gasteiger partial charge is 0.310 e. The van der Waals surface area contributed by atoms with E-state index in [1.807, 2.05) is 6.92 Å². The van der Waals surface area contributed by atoms with Crippen LogP contribution in [0.15, 0.2) is 36.4 Å². The van der Waals surface area contributed by atoms with Crippen molar-refractivity contribution in [1.82, 2.24) is 9.97 Å². The van der Waals surface area contributed by atoms with Crippen molar-refractivity contribution < 1.29 is 19.1 Å².